The van der Waals surface area contributed by atoms with E-state index in [0.717, 1.165) is 61.3 Å². The molecule has 5 rings (SSSR count). The second-order valence-corrected chi connectivity index (χ2v) is 8.91. The number of hydrogen-bond acceptors (Lipinski definition) is 5. The number of carbonyl (C=O) groups is 1. The Morgan fingerprint density at radius 1 is 1.25 bits per heavy atom. The van der Waals surface area contributed by atoms with Gasteiger partial charge in [0.2, 0.25) is 0 Å². The van der Waals surface area contributed by atoms with E-state index in [1.54, 1.807) is 0 Å². The van der Waals surface area contributed by atoms with Crippen LogP contribution in [0.5, 0.6) is 5.75 Å². The average Bonchev–Trinajstić information content (AvgIpc) is 3.18. The van der Waals surface area contributed by atoms with Crippen molar-refractivity contribution in [2.24, 2.45) is 17.8 Å². The van der Waals surface area contributed by atoms with Crippen LogP contribution < -0.4 is 15.8 Å². The first-order chi connectivity index (χ1) is 13.6. The monoisotopic (exact) mass is 385 g/mol. The predicted molar refractivity (Wildman–Crippen MR) is 108 cm³/mol. The Hall–Kier alpha value is -1.79. The van der Waals surface area contributed by atoms with E-state index < -0.39 is 0 Å². The van der Waals surface area contributed by atoms with E-state index in [9.17, 15) is 4.79 Å². The lowest BCUT2D eigenvalue weighted by Crippen LogP contribution is -2.40. The highest BCUT2D eigenvalue weighted by Gasteiger charge is 2.56. The molecular formula is C22H31N3O3. The van der Waals surface area contributed by atoms with E-state index >= 15 is 0 Å². The molecular weight excluding hydrogens is 354 g/mol. The molecule has 0 spiro atoms. The molecule has 4 aliphatic rings. The zero-order valence-electron chi connectivity index (χ0n) is 16.7. The number of ether oxygens (including phenoxy) is 2. The number of aryl methyl sites for hydroxylation is 1. The minimum absolute atomic E-state index is 0.0208. The van der Waals surface area contributed by atoms with Gasteiger partial charge in [-0.1, -0.05) is 0 Å². The largest absolute Gasteiger partial charge is 0.492 e. The van der Waals surface area contributed by atoms with Crippen LogP contribution in [-0.4, -0.2) is 56.3 Å². The van der Waals surface area contributed by atoms with Crippen LogP contribution >= 0.6 is 0 Å². The zero-order valence-corrected chi connectivity index (χ0v) is 16.7. The van der Waals surface area contributed by atoms with Crippen LogP contribution in [0.4, 0.5) is 5.69 Å². The average molecular weight is 386 g/mol. The van der Waals surface area contributed by atoms with Crippen molar-refractivity contribution in [1.82, 2.24) is 10.2 Å². The molecule has 3 fully saturated rings. The van der Waals surface area contributed by atoms with Crippen molar-refractivity contribution in [3.63, 3.8) is 0 Å². The van der Waals surface area contributed by atoms with E-state index in [1.165, 1.54) is 25.9 Å². The number of nitrogen functional groups attached to an aromatic ring is 1. The summed E-state index contributed by atoms with van der Waals surface area (Å²) in [6, 6.07) is 2.59. The van der Waals surface area contributed by atoms with E-state index in [4.69, 9.17) is 15.2 Å². The van der Waals surface area contributed by atoms with E-state index in [-0.39, 0.29) is 5.91 Å². The molecule has 2 saturated heterocycles. The Kier molecular flexibility index (Phi) is 4.71. The Morgan fingerprint density at radius 2 is 2.00 bits per heavy atom. The molecule has 6 nitrogen and oxygen atoms in total. The fraction of sp³-hybridized carbons (Fsp3) is 0.682. The number of rotatable bonds is 4. The van der Waals surface area contributed by atoms with Crippen LogP contribution in [0.25, 0.3) is 0 Å². The van der Waals surface area contributed by atoms with Gasteiger partial charge in [0, 0.05) is 50.1 Å². The molecule has 1 aromatic rings. The fourth-order valence-electron chi connectivity index (χ4n) is 5.53. The highest BCUT2D eigenvalue weighted by atomic mass is 16.5. The summed E-state index contributed by atoms with van der Waals surface area (Å²) >= 11 is 0. The SMILES string of the molecule is Cc1cc(C(=O)NCC2C3CN(C4CCOCC4)CC23)c2c(c1N)CCCO2. The van der Waals surface area contributed by atoms with Crippen molar-refractivity contribution in [1.29, 1.82) is 0 Å². The van der Waals surface area contributed by atoms with Crippen LogP contribution in [0.2, 0.25) is 0 Å². The van der Waals surface area contributed by atoms with Gasteiger partial charge in [0.05, 0.1) is 12.2 Å². The quantitative estimate of drug-likeness (QED) is 0.775. The first-order valence-corrected chi connectivity index (χ1v) is 10.8. The third-order valence-electron chi connectivity index (χ3n) is 7.30. The van der Waals surface area contributed by atoms with E-state index in [0.29, 0.717) is 29.9 Å². The van der Waals surface area contributed by atoms with Crippen molar-refractivity contribution in [2.75, 3.05) is 45.2 Å². The smallest absolute Gasteiger partial charge is 0.255 e. The minimum atomic E-state index is -0.0208. The molecule has 1 aliphatic carbocycles. The molecule has 0 aromatic heterocycles. The normalized spacial score (nSPS) is 29.7. The molecule has 1 saturated carbocycles. The Morgan fingerprint density at radius 3 is 2.75 bits per heavy atom. The summed E-state index contributed by atoms with van der Waals surface area (Å²) in [6.45, 7) is 7.59. The minimum Gasteiger partial charge on any atom is -0.492 e. The lowest BCUT2D eigenvalue weighted by molar-refractivity contribution is 0.0368. The van der Waals surface area contributed by atoms with Crippen molar-refractivity contribution in [2.45, 2.75) is 38.6 Å². The number of nitrogens with one attached hydrogen (secondary N) is 1. The number of benzene rings is 1. The number of likely N-dealkylation sites (tertiary alicyclic amines) is 1. The number of amides is 1. The number of hydrogen-bond donors (Lipinski definition) is 2. The second kappa shape index (κ2) is 7.23. The number of nitrogens with two attached hydrogens (primary N) is 1. The van der Waals surface area contributed by atoms with E-state index in [2.05, 4.69) is 10.2 Å². The lowest BCUT2D eigenvalue weighted by atomic mass is 9.96. The van der Waals surface area contributed by atoms with Gasteiger partial charge in [-0.25, -0.2) is 0 Å². The Labute approximate surface area is 166 Å². The summed E-state index contributed by atoms with van der Waals surface area (Å²) in [5.41, 5.74) is 9.61. The zero-order chi connectivity index (χ0) is 19.3. The topological polar surface area (TPSA) is 76.8 Å². The maximum Gasteiger partial charge on any atom is 0.255 e. The van der Waals surface area contributed by atoms with Crippen molar-refractivity contribution in [3.05, 3.63) is 22.8 Å². The third kappa shape index (κ3) is 3.16. The molecule has 2 atom stereocenters. The van der Waals surface area contributed by atoms with Gasteiger partial charge in [-0.2, -0.15) is 0 Å². The number of piperidine rings is 1. The maximum absolute atomic E-state index is 12.9. The molecule has 0 radical (unpaired) electrons. The molecule has 1 aromatic carbocycles. The highest BCUT2D eigenvalue weighted by Crippen LogP contribution is 2.52. The van der Waals surface area contributed by atoms with Crippen molar-refractivity contribution in [3.8, 4) is 5.75 Å². The van der Waals surface area contributed by atoms with Crippen LogP contribution in [-0.2, 0) is 11.2 Å². The van der Waals surface area contributed by atoms with Gasteiger partial charge >= 0.3 is 0 Å². The molecule has 6 heteroatoms. The van der Waals surface area contributed by atoms with Crippen LogP contribution in [0.3, 0.4) is 0 Å². The van der Waals surface area contributed by atoms with E-state index in [1.807, 2.05) is 13.0 Å². The standard InChI is InChI=1S/C22H31N3O3/c1-13-9-16(21-15(20(13)23)3-2-6-28-21)22(26)24-10-17-18-11-25(12-19(17)18)14-4-7-27-8-5-14/h9,14,17-19H,2-8,10-12,23H2,1H3,(H,24,26). The molecule has 152 valence electrons. The molecule has 2 unspecified atom stereocenters. The van der Waals surface area contributed by atoms with Gasteiger partial charge in [-0.05, 0) is 62.0 Å². The number of fused-ring (bicyclic) bond motifs is 2. The summed E-state index contributed by atoms with van der Waals surface area (Å²) in [7, 11) is 0. The third-order valence-corrected chi connectivity index (χ3v) is 7.30. The molecule has 28 heavy (non-hydrogen) atoms. The molecule has 1 amide bonds. The van der Waals surface area contributed by atoms with Crippen LogP contribution in [0.15, 0.2) is 6.07 Å². The highest BCUT2D eigenvalue weighted by molar-refractivity contribution is 5.98. The van der Waals surface area contributed by atoms with Gasteiger partial charge < -0.3 is 20.5 Å². The Balaban J connectivity index is 1.18. The molecule has 3 N–H and O–H groups in total. The van der Waals surface area contributed by atoms with Gasteiger partial charge in [-0.15, -0.1) is 0 Å². The first-order valence-electron chi connectivity index (χ1n) is 10.8. The molecule has 3 aliphatic heterocycles. The summed E-state index contributed by atoms with van der Waals surface area (Å²) < 4.78 is 11.3. The number of anilines is 1. The van der Waals surface area contributed by atoms with Gasteiger partial charge in [0.25, 0.3) is 5.91 Å². The predicted octanol–water partition coefficient (Wildman–Crippen LogP) is 1.99. The van der Waals surface area contributed by atoms with Crippen molar-refractivity contribution >= 4 is 11.6 Å². The number of carbonyl (C=O) groups excluding carboxylic acids is 1. The fourth-order valence-corrected chi connectivity index (χ4v) is 5.53. The van der Waals surface area contributed by atoms with Gasteiger partial charge in [0.1, 0.15) is 5.75 Å². The molecule has 3 heterocycles. The Bertz CT molecular complexity index is 763. The van der Waals surface area contributed by atoms with Gasteiger partial charge in [0.15, 0.2) is 0 Å². The molecule has 0 bridgehead atoms. The summed E-state index contributed by atoms with van der Waals surface area (Å²) in [6.07, 6.45) is 4.18. The van der Waals surface area contributed by atoms with Crippen LogP contribution in [0.1, 0.15) is 40.7 Å². The van der Waals surface area contributed by atoms with Crippen molar-refractivity contribution < 1.29 is 14.3 Å². The van der Waals surface area contributed by atoms with Gasteiger partial charge in [-0.3, -0.25) is 9.69 Å². The van der Waals surface area contributed by atoms with Crippen LogP contribution in [0, 0.1) is 24.7 Å². The second-order valence-electron chi connectivity index (χ2n) is 8.91. The lowest BCUT2D eigenvalue weighted by Gasteiger charge is -2.32. The summed E-state index contributed by atoms with van der Waals surface area (Å²) in [4.78, 5) is 15.5. The first kappa shape index (κ1) is 18.3. The number of nitrogens with zero attached hydrogens (tertiary/aromatic N) is 1. The summed E-state index contributed by atoms with van der Waals surface area (Å²) in [5, 5.41) is 3.18. The summed E-state index contributed by atoms with van der Waals surface area (Å²) in [5.74, 6) is 2.82. The maximum atomic E-state index is 12.9.